The molecule has 1 amide bonds. The fourth-order valence-corrected chi connectivity index (χ4v) is 3.02. The second kappa shape index (κ2) is 5.52. The molecule has 4 rings (SSSR count). The van der Waals surface area contributed by atoms with Crippen molar-refractivity contribution in [3.05, 3.63) is 57.6 Å². The first-order chi connectivity index (χ1) is 11.6. The highest BCUT2D eigenvalue weighted by Crippen LogP contribution is 2.35. The van der Waals surface area contributed by atoms with Crippen LogP contribution in [0.1, 0.15) is 15.9 Å². The van der Waals surface area contributed by atoms with Gasteiger partial charge in [-0.05, 0) is 30.2 Å². The molecule has 7 heteroatoms. The predicted octanol–water partition coefficient (Wildman–Crippen LogP) is 2.57. The SMILES string of the molecule is O=C(c1ccc2c(c1)OCCO2)N1CCc2ccc([N+](=O)[O-])cc21. The Bertz CT molecular complexity index is 849. The number of hydrogen-bond acceptors (Lipinski definition) is 5. The van der Waals surface area contributed by atoms with Crippen LogP contribution in [-0.4, -0.2) is 30.6 Å². The number of nitrogens with zero attached hydrogens (tertiary/aromatic N) is 2. The van der Waals surface area contributed by atoms with E-state index >= 15 is 0 Å². The molecule has 0 spiro atoms. The summed E-state index contributed by atoms with van der Waals surface area (Å²) in [5, 5.41) is 11.0. The van der Waals surface area contributed by atoms with Crippen LogP contribution in [0.3, 0.4) is 0 Å². The van der Waals surface area contributed by atoms with E-state index in [2.05, 4.69) is 0 Å². The third kappa shape index (κ3) is 2.34. The summed E-state index contributed by atoms with van der Waals surface area (Å²) in [6.07, 6.45) is 0.684. The van der Waals surface area contributed by atoms with Gasteiger partial charge in [0.15, 0.2) is 11.5 Å². The van der Waals surface area contributed by atoms with Crippen molar-refractivity contribution in [2.75, 3.05) is 24.7 Å². The summed E-state index contributed by atoms with van der Waals surface area (Å²) in [5.41, 5.74) is 1.99. The molecule has 2 aliphatic heterocycles. The van der Waals surface area contributed by atoms with Crippen LogP contribution in [0.25, 0.3) is 0 Å². The highest BCUT2D eigenvalue weighted by molar-refractivity contribution is 6.07. The Morgan fingerprint density at radius 3 is 2.67 bits per heavy atom. The molecule has 0 N–H and O–H groups in total. The van der Waals surface area contributed by atoms with Gasteiger partial charge in [-0.3, -0.25) is 14.9 Å². The fraction of sp³-hybridized carbons (Fsp3) is 0.235. The van der Waals surface area contributed by atoms with Gasteiger partial charge in [-0.25, -0.2) is 0 Å². The molecule has 0 fully saturated rings. The summed E-state index contributed by atoms with van der Waals surface area (Å²) in [5.74, 6) is 0.965. The van der Waals surface area contributed by atoms with Crippen LogP contribution < -0.4 is 14.4 Å². The summed E-state index contributed by atoms with van der Waals surface area (Å²) in [6.45, 7) is 1.44. The van der Waals surface area contributed by atoms with Crippen molar-refractivity contribution in [1.82, 2.24) is 0 Å². The summed E-state index contributed by atoms with van der Waals surface area (Å²) < 4.78 is 11.0. The molecule has 0 aliphatic carbocycles. The van der Waals surface area contributed by atoms with Crippen molar-refractivity contribution in [3.63, 3.8) is 0 Å². The molecule has 122 valence electrons. The number of hydrogen-bond donors (Lipinski definition) is 0. The molecule has 7 nitrogen and oxygen atoms in total. The van der Waals surface area contributed by atoms with Gasteiger partial charge >= 0.3 is 0 Å². The van der Waals surface area contributed by atoms with Gasteiger partial charge in [0.05, 0.1) is 10.6 Å². The van der Waals surface area contributed by atoms with Crippen LogP contribution >= 0.6 is 0 Å². The Balaban J connectivity index is 1.67. The molecule has 0 saturated carbocycles. The molecule has 2 heterocycles. The lowest BCUT2D eigenvalue weighted by Crippen LogP contribution is -2.29. The average molecular weight is 326 g/mol. The number of nitro benzene ring substituents is 1. The third-order valence-corrected chi connectivity index (χ3v) is 4.21. The lowest BCUT2D eigenvalue weighted by Gasteiger charge is -2.21. The quantitative estimate of drug-likeness (QED) is 0.626. The highest BCUT2D eigenvalue weighted by Gasteiger charge is 2.28. The fourth-order valence-electron chi connectivity index (χ4n) is 3.02. The zero-order valence-electron chi connectivity index (χ0n) is 12.7. The molecular weight excluding hydrogens is 312 g/mol. The van der Waals surface area contributed by atoms with Gasteiger partial charge in [0.2, 0.25) is 0 Å². The van der Waals surface area contributed by atoms with E-state index in [1.54, 1.807) is 29.2 Å². The molecule has 2 aromatic carbocycles. The number of fused-ring (bicyclic) bond motifs is 2. The molecule has 2 aliphatic rings. The second-order valence-electron chi connectivity index (χ2n) is 5.64. The molecule has 0 unspecified atom stereocenters. The van der Waals surface area contributed by atoms with Gasteiger partial charge in [0.25, 0.3) is 11.6 Å². The lowest BCUT2D eigenvalue weighted by atomic mass is 10.1. The van der Waals surface area contributed by atoms with E-state index in [9.17, 15) is 14.9 Å². The van der Waals surface area contributed by atoms with E-state index in [-0.39, 0.29) is 11.6 Å². The molecule has 24 heavy (non-hydrogen) atoms. The number of amides is 1. The van der Waals surface area contributed by atoms with Gasteiger partial charge in [0.1, 0.15) is 13.2 Å². The highest BCUT2D eigenvalue weighted by atomic mass is 16.6. The summed E-state index contributed by atoms with van der Waals surface area (Å²) in [4.78, 5) is 24.9. The normalized spacial score (nSPS) is 15.1. The van der Waals surface area contributed by atoms with E-state index in [0.29, 0.717) is 48.9 Å². The number of ether oxygens (including phenoxy) is 2. The minimum atomic E-state index is -0.453. The van der Waals surface area contributed by atoms with E-state index in [0.717, 1.165) is 5.56 Å². The van der Waals surface area contributed by atoms with Crippen molar-refractivity contribution in [3.8, 4) is 11.5 Å². The van der Waals surface area contributed by atoms with Crippen LogP contribution in [0.2, 0.25) is 0 Å². The second-order valence-corrected chi connectivity index (χ2v) is 5.64. The van der Waals surface area contributed by atoms with Crippen molar-refractivity contribution in [2.45, 2.75) is 6.42 Å². The van der Waals surface area contributed by atoms with Crippen molar-refractivity contribution >= 4 is 17.3 Å². The monoisotopic (exact) mass is 326 g/mol. The molecule has 0 saturated heterocycles. The topological polar surface area (TPSA) is 81.9 Å². The summed E-state index contributed by atoms with van der Waals surface area (Å²) >= 11 is 0. The smallest absolute Gasteiger partial charge is 0.271 e. The Labute approximate surface area is 137 Å². The van der Waals surface area contributed by atoms with Gasteiger partial charge < -0.3 is 14.4 Å². The van der Waals surface area contributed by atoms with Crippen molar-refractivity contribution in [1.29, 1.82) is 0 Å². The summed E-state index contributed by atoms with van der Waals surface area (Å²) in [6, 6.07) is 9.70. The number of carbonyl (C=O) groups excluding carboxylic acids is 1. The molecular formula is C17H14N2O5. The van der Waals surface area contributed by atoms with E-state index in [1.807, 2.05) is 0 Å². The standard InChI is InChI=1S/C17H14N2O5/c20-17(12-2-4-15-16(9-12)24-8-7-23-15)18-6-5-11-1-3-13(19(21)22)10-14(11)18/h1-4,9-10H,5-8H2. The zero-order chi connectivity index (χ0) is 16.7. The lowest BCUT2D eigenvalue weighted by molar-refractivity contribution is -0.384. The van der Waals surface area contributed by atoms with Crippen LogP contribution in [0, 0.1) is 10.1 Å². The Hall–Kier alpha value is -3.09. The van der Waals surface area contributed by atoms with Gasteiger partial charge in [-0.2, -0.15) is 0 Å². The molecule has 0 bridgehead atoms. The third-order valence-electron chi connectivity index (χ3n) is 4.21. The first kappa shape index (κ1) is 14.5. The Morgan fingerprint density at radius 2 is 1.88 bits per heavy atom. The van der Waals surface area contributed by atoms with Crippen LogP contribution in [-0.2, 0) is 6.42 Å². The van der Waals surface area contributed by atoms with E-state index in [1.165, 1.54) is 12.1 Å². The molecule has 0 radical (unpaired) electrons. The van der Waals surface area contributed by atoms with Crippen LogP contribution in [0.4, 0.5) is 11.4 Å². The first-order valence-electron chi connectivity index (χ1n) is 7.62. The average Bonchev–Trinajstić information content (AvgIpc) is 3.03. The van der Waals surface area contributed by atoms with E-state index < -0.39 is 4.92 Å². The maximum atomic E-state index is 12.8. The Morgan fingerprint density at radius 1 is 1.08 bits per heavy atom. The zero-order valence-corrected chi connectivity index (χ0v) is 12.7. The minimum Gasteiger partial charge on any atom is -0.486 e. The molecule has 2 aromatic rings. The van der Waals surface area contributed by atoms with E-state index in [4.69, 9.17) is 9.47 Å². The first-order valence-corrected chi connectivity index (χ1v) is 7.62. The number of rotatable bonds is 2. The largest absolute Gasteiger partial charge is 0.486 e. The number of benzene rings is 2. The maximum Gasteiger partial charge on any atom is 0.271 e. The number of non-ortho nitro benzene ring substituents is 1. The molecule has 0 atom stereocenters. The molecule has 0 aromatic heterocycles. The number of carbonyl (C=O) groups is 1. The number of anilines is 1. The van der Waals surface area contributed by atoms with Crippen LogP contribution in [0.5, 0.6) is 11.5 Å². The van der Waals surface area contributed by atoms with Gasteiger partial charge in [-0.15, -0.1) is 0 Å². The summed E-state index contributed by atoms with van der Waals surface area (Å²) in [7, 11) is 0. The predicted molar refractivity (Wildman–Crippen MR) is 85.9 cm³/mol. The van der Waals surface area contributed by atoms with Crippen molar-refractivity contribution in [2.24, 2.45) is 0 Å². The maximum absolute atomic E-state index is 12.8. The Kier molecular flexibility index (Phi) is 3.34. The van der Waals surface area contributed by atoms with Gasteiger partial charge in [-0.1, -0.05) is 6.07 Å². The van der Waals surface area contributed by atoms with Crippen molar-refractivity contribution < 1.29 is 19.2 Å². The minimum absolute atomic E-state index is 0.0179. The van der Waals surface area contributed by atoms with Crippen LogP contribution in [0.15, 0.2) is 36.4 Å². The van der Waals surface area contributed by atoms with Gasteiger partial charge in [0, 0.05) is 24.2 Å². The number of nitro groups is 1.